The Hall–Kier alpha value is -2.07. The highest BCUT2D eigenvalue weighted by Gasteiger charge is 2.55. The number of nitrogens with one attached hydrogen (secondary N) is 1. The summed E-state index contributed by atoms with van der Waals surface area (Å²) in [5, 5.41) is 22.4. The second kappa shape index (κ2) is 8.61. The van der Waals surface area contributed by atoms with Crippen molar-refractivity contribution in [3.05, 3.63) is 58.6 Å². The summed E-state index contributed by atoms with van der Waals surface area (Å²) in [5.41, 5.74) is -1.32. The number of carbonyl (C=O) groups is 1. The van der Waals surface area contributed by atoms with Gasteiger partial charge in [-0.1, -0.05) is 11.6 Å². The van der Waals surface area contributed by atoms with E-state index in [0.29, 0.717) is 12.8 Å². The van der Waals surface area contributed by atoms with Gasteiger partial charge in [-0.05, 0) is 74.8 Å². The van der Waals surface area contributed by atoms with Gasteiger partial charge >= 0.3 is 0 Å². The SMILES string of the molecule is CC(O)[C@]1(O)CC2CC[C@@H](C1)[C@H]2S(=O)(=O)c1cc(C(=O)Nc2ccc(F)c(F)c2)ccc1Cl. The standard InChI is InChI=1S/C23H24ClF2NO5S/c1-12(28)23(30)10-14-2-3-15(11-23)21(14)33(31,32)20-8-13(4-6-17(20)24)22(29)27-16-5-7-18(25)19(26)9-16/h4-9,12,14-15,21,28,30H,2-3,10-11H2,1H3,(H,27,29)/t12?,14-,15?,21+,23+/m0/s1. The van der Waals surface area contributed by atoms with Crippen LogP contribution in [0, 0.1) is 23.5 Å². The molecule has 2 aromatic rings. The van der Waals surface area contributed by atoms with E-state index in [-0.39, 0.29) is 45.8 Å². The highest BCUT2D eigenvalue weighted by Crippen LogP contribution is 2.52. The average molecular weight is 500 g/mol. The van der Waals surface area contributed by atoms with E-state index in [0.717, 1.165) is 12.1 Å². The van der Waals surface area contributed by atoms with Gasteiger partial charge in [-0.2, -0.15) is 0 Å². The van der Waals surface area contributed by atoms with Crippen molar-refractivity contribution in [3.8, 4) is 0 Å². The fraction of sp³-hybridized carbons (Fsp3) is 0.435. The maximum absolute atomic E-state index is 13.6. The molecule has 3 N–H and O–H groups in total. The number of anilines is 1. The van der Waals surface area contributed by atoms with Crippen molar-refractivity contribution in [2.75, 3.05) is 5.32 Å². The van der Waals surface area contributed by atoms with Crippen molar-refractivity contribution in [1.82, 2.24) is 0 Å². The summed E-state index contributed by atoms with van der Waals surface area (Å²) in [7, 11) is -3.96. The lowest BCUT2D eigenvalue weighted by molar-refractivity contribution is -0.103. The summed E-state index contributed by atoms with van der Waals surface area (Å²) in [6.45, 7) is 1.50. The van der Waals surface area contributed by atoms with Crippen LogP contribution in [0.1, 0.15) is 43.0 Å². The topological polar surface area (TPSA) is 104 Å². The first-order chi connectivity index (χ1) is 15.4. The largest absolute Gasteiger partial charge is 0.390 e. The van der Waals surface area contributed by atoms with Crippen molar-refractivity contribution in [2.24, 2.45) is 11.8 Å². The van der Waals surface area contributed by atoms with E-state index in [1.807, 2.05) is 0 Å². The van der Waals surface area contributed by atoms with Gasteiger partial charge in [0.05, 0.1) is 26.9 Å². The normalized spacial score (nSPS) is 27.9. The summed E-state index contributed by atoms with van der Waals surface area (Å²) >= 11 is 6.23. The third-order valence-corrected chi connectivity index (χ3v) is 9.76. The predicted molar refractivity (Wildman–Crippen MR) is 119 cm³/mol. The molecular weight excluding hydrogens is 476 g/mol. The molecule has 0 aliphatic heterocycles. The van der Waals surface area contributed by atoms with Crippen LogP contribution in [0.25, 0.3) is 0 Å². The Kier molecular flexibility index (Phi) is 6.28. The molecule has 0 aromatic heterocycles. The molecule has 0 heterocycles. The Morgan fingerprint density at radius 1 is 1.12 bits per heavy atom. The van der Waals surface area contributed by atoms with Crippen LogP contribution in [0.4, 0.5) is 14.5 Å². The molecule has 10 heteroatoms. The molecule has 5 atom stereocenters. The van der Waals surface area contributed by atoms with Crippen molar-refractivity contribution < 1.29 is 32.2 Å². The van der Waals surface area contributed by atoms with E-state index in [9.17, 15) is 32.2 Å². The van der Waals surface area contributed by atoms with Crippen LogP contribution in [0.15, 0.2) is 41.3 Å². The third-order valence-electron chi connectivity index (χ3n) is 6.88. The molecule has 6 nitrogen and oxygen atoms in total. The molecule has 2 aliphatic rings. The molecule has 2 aromatic carbocycles. The zero-order valence-electron chi connectivity index (χ0n) is 17.8. The summed E-state index contributed by atoms with van der Waals surface area (Å²) in [6, 6.07) is 6.72. The number of rotatable bonds is 5. The first-order valence-corrected chi connectivity index (χ1v) is 12.5. The summed E-state index contributed by atoms with van der Waals surface area (Å²) in [5.74, 6) is -3.58. The van der Waals surface area contributed by atoms with E-state index >= 15 is 0 Å². The van der Waals surface area contributed by atoms with Crippen LogP contribution in [0.3, 0.4) is 0 Å². The number of halogens is 3. The molecule has 1 amide bonds. The summed E-state index contributed by atoms with van der Waals surface area (Å²) < 4.78 is 53.8. The van der Waals surface area contributed by atoms with Gasteiger partial charge in [-0.3, -0.25) is 4.79 Å². The quantitative estimate of drug-likeness (QED) is 0.578. The summed E-state index contributed by atoms with van der Waals surface area (Å²) in [6.07, 6.45) is 0.573. The Labute approximate surface area is 195 Å². The van der Waals surface area contributed by atoms with Gasteiger partial charge in [0, 0.05) is 17.3 Å². The number of aliphatic hydroxyl groups excluding tert-OH is 1. The van der Waals surface area contributed by atoms with Crippen molar-refractivity contribution in [1.29, 1.82) is 0 Å². The molecule has 33 heavy (non-hydrogen) atoms. The number of sulfone groups is 1. The number of aliphatic hydroxyl groups is 2. The first kappa shape index (κ1) is 24.1. The zero-order chi connectivity index (χ0) is 24.1. The van der Waals surface area contributed by atoms with Gasteiger partial charge in [0.25, 0.3) is 5.91 Å². The van der Waals surface area contributed by atoms with Crippen LogP contribution in [-0.2, 0) is 9.84 Å². The van der Waals surface area contributed by atoms with Gasteiger partial charge in [-0.25, -0.2) is 17.2 Å². The summed E-state index contributed by atoms with van der Waals surface area (Å²) in [4.78, 5) is 12.5. The van der Waals surface area contributed by atoms with Crippen molar-refractivity contribution in [3.63, 3.8) is 0 Å². The molecule has 178 valence electrons. The van der Waals surface area contributed by atoms with E-state index in [1.54, 1.807) is 0 Å². The second-order valence-electron chi connectivity index (χ2n) is 9.02. The van der Waals surface area contributed by atoms with Gasteiger partial charge in [0.15, 0.2) is 21.5 Å². The first-order valence-electron chi connectivity index (χ1n) is 10.6. The van der Waals surface area contributed by atoms with E-state index in [1.165, 1.54) is 31.2 Å². The molecule has 2 saturated carbocycles. The third kappa shape index (κ3) is 4.39. The van der Waals surface area contributed by atoms with Crippen LogP contribution in [0.2, 0.25) is 5.02 Å². The Balaban J connectivity index is 1.62. The highest BCUT2D eigenvalue weighted by molar-refractivity contribution is 7.92. The second-order valence-corrected chi connectivity index (χ2v) is 11.5. The van der Waals surface area contributed by atoms with Crippen molar-refractivity contribution in [2.45, 2.75) is 54.5 Å². The molecule has 2 unspecified atom stereocenters. The average Bonchev–Trinajstić information content (AvgIpc) is 3.04. The number of benzene rings is 2. The molecule has 0 spiro atoms. The predicted octanol–water partition coefficient (Wildman–Crippen LogP) is 3.94. The lowest BCUT2D eigenvalue weighted by Crippen LogP contribution is -2.51. The fourth-order valence-corrected chi connectivity index (χ4v) is 8.05. The number of carbonyl (C=O) groups excluding carboxylic acids is 1. The van der Waals surface area contributed by atoms with Crippen molar-refractivity contribution >= 4 is 33.0 Å². The van der Waals surface area contributed by atoms with Gasteiger partial charge in [0.1, 0.15) is 0 Å². The van der Waals surface area contributed by atoms with E-state index in [2.05, 4.69) is 5.32 Å². The maximum atomic E-state index is 13.6. The number of amides is 1. The lowest BCUT2D eigenvalue weighted by Gasteiger charge is -2.42. The molecule has 0 radical (unpaired) electrons. The van der Waals surface area contributed by atoms with Crippen LogP contribution < -0.4 is 5.32 Å². The fourth-order valence-electron chi connectivity index (χ4n) is 5.20. The van der Waals surface area contributed by atoms with Gasteiger partial charge in [-0.15, -0.1) is 0 Å². The molecular formula is C23H24ClF2NO5S. The smallest absolute Gasteiger partial charge is 0.255 e. The maximum Gasteiger partial charge on any atom is 0.255 e. The van der Waals surface area contributed by atoms with Crippen LogP contribution >= 0.6 is 11.6 Å². The Morgan fingerprint density at radius 2 is 1.76 bits per heavy atom. The van der Waals surface area contributed by atoms with Gasteiger partial charge < -0.3 is 15.5 Å². The number of fused-ring (bicyclic) bond motifs is 2. The van der Waals surface area contributed by atoms with Crippen LogP contribution in [0.5, 0.6) is 0 Å². The molecule has 4 rings (SSSR count). The minimum Gasteiger partial charge on any atom is -0.390 e. The van der Waals surface area contributed by atoms with E-state index < -0.39 is 44.3 Å². The molecule has 0 saturated heterocycles. The van der Waals surface area contributed by atoms with E-state index in [4.69, 9.17) is 11.6 Å². The van der Waals surface area contributed by atoms with Crippen LogP contribution in [-0.4, -0.2) is 41.5 Å². The zero-order valence-corrected chi connectivity index (χ0v) is 19.3. The minimum absolute atomic E-state index is 0.00801. The number of hydrogen-bond donors (Lipinski definition) is 3. The lowest BCUT2D eigenvalue weighted by atomic mass is 9.74. The molecule has 2 bridgehead atoms. The molecule has 2 fully saturated rings. The highest BCUT2D eigenvalue weighted by atomic mass is 35.5. The Bertz CT molecular complexity index is 1190. The van der Waals surface area contributed by atoms with Gasteiger partial charge in [0.2, 0.25) is 0 Å². The number of hydrogen-bond acceptors (Lipinski definition) is 5. The minimum atomic E-state index is -3.96. The monoisotopic (exact) mass is 499 g/mol. The molecule has 2 aliphatic carbocycles. The Morgan fingerprint density at radius 3 is 2.33 bits per heavy atom.